The van der Waals surface area contributed by atoms with E-state index in [4.69, 9.17) is 4.74 Å². The van der Waals surface area contributed by atoms with E-state index in [9.17, 15) is 10.1 Å². The van der Waals surface area contributed by atoms with Crippen LogP contribution < -0.4 is 4.74 Å². The molecule has 0 saturated heterocycles. The van der Waals surface area contributed by atoms with E-state index in [1.165, 1.54) is 0 Å². The molecule has 0 aliphatic heterocycles. The molecular formula is C15H19NO2. The number of nitriles is 1. The van der Waals surface area contributed by atoms with Gasteiger partial charge in [-0.25, -0.2) is 0 Å². The van der Waals surface area contributed by atoms with Crippen molar-refractivity contribution >= 4 is 5.78 Å². The van der Waals surface area contributed by atoms with Crippen LogP contribution >= 0.6 is 0 Å². The summed E-state index contributed by atoms with van der Waals surface area (Å²) in [6, 6.07) is 9.58. The van der Waals surface area contributed by atoms with Crippen LogP contribution in [-0.2, 0) is 11.2 Å². The number of carbonyl (C=O) groups is 1. The van der Waals surface area contributed by atoms with Crippen LogP contribution in [0.15, 0.2) is 24.3 Å². The van der Waals surface area contributed by atoms with Gasteiger partial charge in [0.25, 0.3) is 0 Å². The second kappa shape index (κ2) is 5.68. The van der Waals surface area contributed by atoms with Gasteiger partial charge in [0.1, 0.15) is 11.7 Å². The fourth-order valence-corrected chi connectivity index (χ4v) is 1.81. The largest absolute Gasteiger partial charge is 0.496 e. The van der Waals surface area contributed by atoms with Gasteiger partial charge in [-0.2, -0.15) is 5.26 Å². The van der Waals surface area contributed by atoms with Crippen molar-refractivity contribution < 1.29 is 9.53 Å². The molecule has 0 amide bonds. The van der Waals surface area contributed by atoms with Gasteiger partial charge >= 0.3 is 0 Å². The average molecular weight is 245 g/mol. The van der Waals surface area contributed by atoms with Gasteiger partial charge in [-0.15, -0.1) is 0 Å². The molecule has 0 spiro atoms. The lowest BCUT2D eigenvalue weighted by Gasteiger charge is -2.20. The number of para-hydroxylation sites is 1. The Labute approximate surface area is 108 Å². The molecule has 3 nitrogen and oxygen atoms in total. The molecular weight excluding hydrogens is 226 g/mol. The second-order valence-electron chi connectivity index (χ2n) is 5.31. The van der Waals surface area contributed by atoms with Crippen LogP contribution in [0.4, 0.5) is 0 Å². The second-order valence-corrected chi connectivity index (χ2v) is 5.31. The average Bonchev–Trinajstić information content (AvgIpc) is 2.34. The topological polar surface area (TPSA) is 50.1 Å². The van der Waals surface area contributed by atoms with Crippen LogP contribution in [0.2, 0.25) is 0 Å². The molecule has 0 heterocycles. The monoisotopic (exact) mass is 245 g/mol. The van der Waals surface area contributed by atoms with Crippen LogP contribution in [0.3, 0.4) is 0 Å². The van der Waals surface area contributed by atoms with Crippen molar-refractivity contribution in [3.63, 3.8) is 0 Å². The molecule has 0 bridgehead atoms. The first kappa shape index (κ1) is 14.2. The van der Waals surface area contributed by atoms with Gasteiger partial charge in [0.15, 0.2) is 5.78 Å². The van der Waals surface area contributed by atoms with Crippen molar-refractivity contribution in [1.82, 2.24) is 0 Å². The number of benzene rings is 1. The predicted octanol–water partition coefficient (Wildman–Crippen LogP) is 2.99. The third kappa shape index (κ3) is 3.33. The molecule has 0 radical (unpaired) electrons. The summed E-state index contributed by atoms with van der Waals surface area (Å²) in [6.45, 7) is 5.51. The number of rotatable bonds is 4. The first-order valence-corrected chi connectivity index (χ1v) is 5.96. The lowest BCUT2D eigenvalue weighted by Crippen LogP contribution is -2.28. The van der Waals surface area contributed by atoms with E-state index in [0.717, 1.165) is 11.3 Å². The summed E-state index contributed by atoms with van der Waals surface area (Å²) in [4.78, 5) is 12.1. The lowest BCUT2D eigenvalue weighted by molar-refractivity contribution is -0.128. The zero-order valence-corrected chi connectivity index (χ0v) is 11.4. The number of methoxy groups -OCH3 is 1. The highest BCUT2D eigenvalue weighted by Crippen LogP contribution is 2.26. The number of hydrogen-bond donors (Lipinski definition) is 0. The first-order valence-electron chi connectivity index (χ1n) is 5.96. The number of hydrogen-bond acceptors (Lipinski definition) is 3. The van der Waals surface area contributed by atoms with Gasteiger partial charge < -0.3 is 4.74 Å². The molecule has 18 heavy (non-hydrogen) atoms. The van der Waals surface area contributed by atoms with Gasteiger partial charge in [-0.1, -0.05) is 39.0 Å². The maximum Gasteiger partial charge on any atom is 0.155 e. The molecule has 0 fully saturated rings. The van der Waals surface area contributed by atoms with Gasteiger partial charge in [0.05, 0.1) is 13.2 Å². The Morgan fingerprint density at radius 2 is 2.00 bits per heavy atom. The van der Waals surface area contributed by atoms with Crippen LogP contribution in [0, 0.1) is 22.7 Å². The summed E-state index contributed by atoms with van der Waals surface area (Å²) in [7, 11) is 1.59. The van der Waals surface area contributed by atoms with Crippen LogP contribution in [0.25, 0.3) is 0 Å². The smallest absolute Gasteiger partial charge is 0.155 e. The Hall–Kier alpha value is -1.82. The van der Waals surface area contributed by atoms with E-state index >= 15 is 0 Å². The van der Waals surface area contributed by atoms with E-state index in [1.54, 1.807) is 7.11 Å². The number of Topliss-reactive ketones (excluding diaryl/α,β-unsaturated/α-hetero) is 1. The summed E-state index contributed by atoms with van der Waals surface area (Å²) in [5, 5.41) is 9.17. The lowest BCUT2D eigenvalue weighted by atomic mass is 9.81. The normalized spacial score (nSPS) is 12.6. The third-order valence-electron chi connectivity index (χ3n) is 2.83. The molecule has 1 aromatic rings. The molecule has 1 rings (SSSR count). The summed E-state index contributed by atoms with van der Waals surface area (Å²) in [6.07, 6.45) is 0.399. The van der Waals surface area contributed by atoms with Crippen molar-refractivity contribution in [2.24, 2.45) is 11.3 Å². The van der Waals surface area contributed by atoms with Gasteiger partial charge in [0.2, 0.25) is 0 Å². The Morgan fingerprint density at radius 1 is 1.39 bits per heavy atom. The zero-order valence-electron chi connectivity index (χ0n) is 11.4. The Morgan fingerprint density at radius 3 is 2.50 bits per heavy atom. The van der Waals surface area contributed by atoms with Crippen molar-refractivity contribution in [2.45, 2.75) is 27.2 Å². The first-order chi connectivity index (χ1) is 8.40. The molecule has 0 saturated carbocycles. The number of nitrogens with zero attached hydrogens (tertiary/aromatic N) is 1. The van der Waals surface area contributed by atoms with Crippen LogP contribution in [0.5, 0.6) is 5.75 Å². The van der Waals surface area contributed by atoms with Gasteiger partial charge in [-0.05, 0) is 18.1 Å². The highest BCUT2D eigenvalue weighted by molar-refractivity contribution is 5.88. The SMILES string of the molecule is COc1ccccc1CC(C#N)C(=O)C(C)(C)C. The summed E-state index contributed by atoms with van der Waals surface area (Å²) >= 11 is 0. The van der Waals surface area contributed by atoms with E-state index in [1.807, 2.05) is 45.0 Å². The Balaban J connectivity index is 2.94. The van der Waals surface area contributed by atoms with Crippen LogP contribution in [0.1, 0.15) is 26.3 Å². The number of carbonyl (C=O) groups excluding carboxylic acids is 1. The van der Waals surface area contributed by atoms with Crippen LogP contribution in [-0.4, -0.2) is 12.9 Å². The van der Waals surface area contributed by atoms with Gasteiger partial charge in [-0.3, -0.25) is 4.79 Å². The van der Waals surface area contributed by atoms with Crippen molar-refractivity contribution in [1.29, 1.82) is 5.26 Å². The van der Waals surface area contributed by atoms with E-state index in [0.29, 0.717) is 6.42 Å². The summed E-state index contributed by atoms with van der Waals surface area (Å²) < 4.78 is 5.24. The number of ether oxygens (including phenoxy) is 1. The van der Waals surface area contributed by atoms with E-state index in [2.05, 4.69) is 6.07 Å². The maximum atomic E-state index is 12.1. The minimum atomic E-state index is -0.624. The molecule has 0 aromatic heterocycles. The fraction of sp³-hybridized carbons (Fsp3) is 0.467. The molecule has 96 valence electrons. The summed E-state index contributed by atoms with van der Waals surface area (Å²) in [5.41, 5.74) is 0.395. The fourth-order valence-electron chi connectivity index (χ4n) is 1.81. The minimum Gasteiger partial charge on any atom is -0.496 e. The molecule has 1 atom stereocenters. The van der Waals surface area contributed by atoms with Crippen molar-refractivity contribution in [3.05, 3.63) is 29.8 Å². The molecule has 3 heteroatoms. The highest BCUT2D eigenvalue weighted by Gasteiger charge is 2.30. The highest BCUT2D eigenvalue weighted by atomic mass is 16.5. The van der Waals surface area contributed by atoms with E-state index in [-0.39, 0.29) is 5.78 Å². The zero-order chi connectivity index (χ0) is 13.8. The van der Waals surface area contributed by atoms with Crippen molar-refractivity contribution in [3.8, 4) is 11.8 Å². The minimum absolute atomic E-state index is 0.0316. The molecule has 1 unspecified atom stereocenters. The third-order valence-corrected chi connectivity index (χ3v) is 2.83. The Bertz CT molecular complexity index is 466. The Kier molecular flexibility index (Phi) is 4.49. The maximum absolute atomic E-state index is 12.1. The summed E-state index contributed by atoms with van der Waals surface area (Å²) in [5.74, 6) is 0.0664. The molecule has 0 N–H and O–H groups in total. The van der Waals surface area contributed by atoms with Crippen molar-refractivity contribution in [2.75, 3.05) is 7.11 Å². The quantitative estimate of drug-likeness (QED) is 0.819. The van der Waals surface area contributed by atoms with Gasteiger partial charge in [0, 0.05) is 5.41 Å². The predicted molar refractivity (Wildman–Crippen MR) is 70.3 cm³/mol. The number of ketones is 1. The molecule has 0 aliphatic carbocycles. The standard InChI is InChI=1S/C15H19NO2/c1-15(2,3)14(17)12(10-16)9-11-7-5-6-8-13(11)18-4/h5-8,12H,9H2,1-4H3. The van der Waals surface area contributed by atoms with E-state index < -0.39 is 11.3 Å². The molecule has 0 aliphatic rings. The molecule has 1 aromatic carbocycles.